The van der Waals surface area contributed by atoms with E-state index in [1.54, 1.807) is 0 Å². The van der Waals surface area contributed by atoms with Crippen molar-refractivity contribution in [3.05, 3.63) is 35.4 Å². The van der Waals surface area contributed by atoms with Gasteiger partial charge in [-0.2, -0.15) is 0 Å². The van der Waals surface area contributed by atoms with Gasteiger partial charge < -0.3 is 5.32 Å². The molecule has 0 unspecified atom stereocenters. The molecule has 15 heavy (non-hydrogen) atoms. The van der Waals surface area contributed by atoms with Crippen LogP contribution in [-0.4, -0.2) is 6.54 Å². The van der Waals surface area contributed by atoms with Gasteiger partial charge in [-0.25, -0.2) is 0 Å². The molecule has 0 saturated heterocycles. The highest BCUT2D eigenvalue weighted by molar-refractivity contribution is 5.22. The molecule has 0 heterocycles. The highest BCUT2D eigenvalue weighted by atomic mass is 14.8. The maximum Gasteiger partial charge on any atom is 0.0214 e. The standard InChI is InChI=1S/C14H19N/c1-3-5-6-11-15-12-14-9-7-13(4-2)8-10-14/h7-10,15H,4,6,11-12H2,1-2H3. The van der Waals surface area contributed by atoms with Crippen LogP contribution in [0.3, 0.4) is 0 Å². The third kappa shape index (κ3) is 4.67. The molecule has 0 saturated carbocycles. The average Bonchev–Trinajstić information content (AvgIpc) is 2.30. The Morgan fingerprint density at radius 1 is 1.13 bits per heavy atom. The lowest BCUT2D eigenvalue weighted by atomic mass is 10.1. The zero-order chi connectivity index (χ0) is 10.9. The number of benzene rings is 1. The van der Waals surface area contributed by atoms with Crippen molar-refractivity contribution in [2.45, 2.75) is 33.2 Å². The SMILES string of the molecule is CC#CCCNCc1ccc(CC)cc1. The molecular weight excluding hydrogens is 182 g/mol. The van der Waals surface area contributed by atoms with E-state index >= 15 is 0 Å². The van der Waals surface area contributed by atoms with Crippen molar-refractivity contribution in [1.29, 1.82) is 0 Å². The summed E-state index contributed by atoms with van der Waals surface area (Å²) in [4.78, 5) is 0. The molecule has 0 atom stereocenters. The zero-order valence-corrected chi connectivity index (χ0v) is 9.64. The Balaban J connectivity index is 2.27. The molecule has 1 heteroatoms. The Labute approximate surface area is 92.9 Å². The summed E-state index contributed by atoms with van der Waals surface area (Å²) < 4.78 is 0. The Kier molecular flexibility index (Phi) is 5.58. The van der Waals surface area contributed by atoms with Crippen LogP contribution in [0, 0.1) is 11.8 Å². The minimum atomic E-state index is 0.934. The van der Waals surface area contributed by atoms with Crippen LogP contribution in [0.25, 0.3) is 0 Å². The summed E-state index contributed by atoms with van der Waals surface area (Å²) in [6.45, 7) is 5.96. The molecule has 1 aromatic rings. The van der Waals surface area contributed by atoms with Crippen molar-refractivity contribution >= 4 is 0 Å². The number of rotatable bonds is 5. The summed E-state index contributed by atoms with van der Waals surface area (Å²) in [6, 6.07) is 8.78. The molecule has 0 aromatic heterocycles. The number of hydrogen-bond donors (Lipinski definition) is 1. The normalized spacial score (nSPS) is 9.47. The van der Waals surface area contributed by atoms with Gasteiger partial charge >= 0.3 is 0 Å². The van der Waals surface area contributed by atoms with Gasteiger partial charge in [0.15, 0.2) is 0 Å². The number of aryl methyl sites for hydroxylation is 1. The molecule has 0 aliphatic carbocycles. The van der Waals surface area contributed by atoms with Crippen molar-refractivity contribution in [2.24, 2.45) is 0 Å². The molecule has 1 aromatic carbocycles. The molecule has 0 spiro atoms. The molecule has 0 aliphatic heterocycles. The second kappa shape index (κ2) is 7.09. The minimum Gasteiger partial charge on any atom is -0.312 e. The highest BCUT2D eigenvalue weighted by Gasteiger charge is 1.92. The first-order valence-electron chi connectivity index (χ1n) is 5.55. The third-order valence-electron chi connectivity index (χ3n) is 2.36. The van der Waals surface area contributed by atoms with E-state index in [9.17, 15) is 0 Å². The van der Waals surface area contributed by atoms with Crippen molar-refractivity contribution in [2.75, 3.05) is 6.54 Å². The number of hydrogen-bond acceptors (Lipinski definition) is 1. The van der Waals surface area contributed by atoms with E-state index < -0.39 is 0 Å². The summed E-state index contributed by atoms with van der Waals surface area (Å²) in [5, 5.41) is 3.37. The van der Waals surface area contributed by atoms with Gasteiger partial charge in [0.2, 0.25) is 0 Å². The monoisotopic (exact) mass is 201 g/mol. The molecule has 1 N–H and O–H groups in total. The van der Waals surface area contributed by atoms with E-state index in [2.05, 4.69) is 48.3 Å². The average molecular weight is 201 g/mol. The van der Waals surface area contributed by atoms with Gasteiger partial charge in [-0.1, -0.05) is 31.2 Å². The Hall–Kier alpha value is -1.26. The summed E-state index contributed by atoms with van der Waals surface area (Å²) >= 11 is 0. The molecule has 0 amide bonds. The van der Waals surface area contributed by atoms with Crippen LogP contribution in [0.1, 0.15) is 31.4 Å². The lowest BCUT2D eigenvalue weighted by Crippen LogP contribution is -2.14. The van der Waals surface area contributed by atoms with Gasteiger partial charge in [0.25, 0.3) is 0 Å². The van der Waals surface area contributed by atoms with Crippen LogP contribution in [-0.2, 0) is 13.0 Å². The third-order valence-corrected chi connectivity index (χ3v) is 2.36. The predicted molar refractivity (Wildman–Crippen MR) is 65.6 cm³/mol. The van der Waals surface area contributed by atoms with Crippen molar-refractivity contribution in [3.63, 3.8) is 0 Å². The van der Waals surface area contributed by atoms with Crippen molar-refractivity contribution < 1.29 is 0 Å². The topological polar surface area (TPSA) is 12.0 Å². The maximum absolute atomic E-state index is 3.37. The fourth-order valence-corrected chi connectivity index (χ4v) is 1.40. The molecule has 0 bridgehead atoms. The van der Waals surface area contributed by atoms with Gasteiger partial charge in [0.05, 0.1) is 0 Å². The second-order valence-electron chi connectivity index (χ2n) is 3.52. The summed E-state index contributed by atoms with van der Waals surface area (Å²) in [6.07, 6.45) is 2.04. The summed E-state index contributed by atoms with van der Waals surface area (Å²) in [7, 11) is 0. The van der Waals surface area contributed by atoms with E-state index in [-0.39, 0.29) is 0 Å². The predicted octanol–water partition coefficient (Wildman–Crippen LogP) is 2.75. The molecule has 0 fully saturated rings. The van der Waals surface area contributed by atoms with Crippen molar-refractivity contribution in [1.82, 2.24) is 5.32 Å². The van der Waals surface area contributed by atoms with Crippen LogP contribution in [0.15, 0.2) is 24.3 Å². The van der Waals surface area contributed by atoms with E-state index in [4.69, 9.17) is 0 Å². The Morgan fingerprint density at radius 2 is 1.80 bits per heavy atom. The quantitative estimate of drug-likeness (QED) is 0.570. The lowest BCUT2D eigenvalue weighted by Gasteiger charge is -2.03. The first kappa shape index (κ1) is 11.8. The van der Waals surface area contributed by atoms with Gasteiger partial charge in [-0.3, -0.25) is 0 Å². The number of nitrogens with one attached hydrogen (secondary N) is 1. The van der Waals surface area contributed by atoms with E-state index in [0.29, 0.717) is 0 Å². The molecule has 0 radical (unpaired) electrons. The van der Waals surface area contributed by atoms with Crippen molar-refractivity contribution in [3.8, 4) is 11.8 Å². The van der Waals surface area contributed by atoms with Crippen LogP contribution in [0.5, 0.6) is 0 Å². The maximum atomic E-state index is 3.37. The zero-order valence-electron chi connectivity index (χ0n) is 9.64. The van der Waals surface area contributed by atoms with Crippen LogP contribution in [0.4, 0.5) is 0 Å². The summed E-state index contributed by atoms with van der Waals surface area (Å²) in [5.41, 5.74) is 2.74. The molecule has 0 aliphatic rings. The van der Waals surface area contributed by atoms with Crippen LogP contribution < -0.4 is 5.32 Å². The minimum absolute atomic E-state index is 0.934. The largest absolute Gasteiger partial charge is 0.312 e. The second-order valence-corrected chi connectivity index (χ2v) is 3.52. The molecular formula is C14H19N. The fraction of sp³-hybridized carbons (Fsp3) is 0.429. The van der Waals surface area contributed by atoms with E-state index in [0.717, 1.165) is 25.9 Å². The smallest absolute Gasteiger partial charge is 0.0214 e. The van der Waals surface area contributed by atoms with Gasteiger partial charge in [0.1, 0.15) is 0 Å². The van der Waals surface area contributed by atoms with Gasteiger partial charge in [-0.15, -0.1) is 11.8 Å². The molecule has 1 nitrogen and oxygen atoms in total. The van der Waals surface area contributed by atoms with E-state index in [1.807, 2.05) is 6.92 Å². The fourth-order valence-electron chi connectivity index (χ4n) is 1.40. The Morgan fingerprint density at radius 3 is 2.40 bits per heavy atom. The summed E-state index contributed by atoms with van der Waals surface area (Å²) in [5.74, 6) is 5.93. The lowest BCUT2D eigenvalue weighted by molar-refractivity contribution is 0.701. The van der Waals surface area contributed by atoms with Crippen LogP contribution >= 0.6 is 0 Å². The van der Waals surface area contributed by atoms with Crippen LogP contribution in [0.2, 0.25) is 0 Å². The van der Waals surface area contributed by atoms with E-state index in [1.165, 1.54) is 11.1 Å². The first-order valence-corrected chi connectivity index (χ1v) is 5.55. The van der Waals surface area contributed by atoms with Gasteiger partial charge in [0, 0.05) is 19.5 Å². The van der Waals surface area contributed by atoms with Gasteiger partial charge in [-0.05, 0) is 24.5 Å². The first-order chi connectivity index (χ1) is 7.36. The highest BCUT2D eigenvalue weighted by Crippen LogP contribution is 2.04. The molecule has 1 rings (SSSR count). The Bertz CT molecular complexity index is 327. The molecule has 80 valence electrons.